The zero-order valence-corrected chi connectivity index (χ0v) is 16.0. The van der Waals surface area contributed by atoms with E-state index in [4.69, 9.17) is 21.4 Å². The van der Waals surface area contributed by atoms with Crippen molar-refractivity contribution in [3.8, 4) is 0 Å². The van der Waals surface area contributed by atoms with Gasteiger partial charge < -0.3 is 19.4 Å². The van der Waals surface area contributed by atoms with Crippen LogP contribution in [0.1, 0.15) is 11.3 Å². The lowest BCUT2D eigenvalue weighted by molar-refractivity contribution is -0.137. The molecule has 29 heavy (non-hydrogen) atoms. The minimum absolute atomic E-state index is 0.118. The fourth-order valence-corrected chi connectivity index (χ4v) is 2.95. The highest BCUT2D eigenvalue weighted by molar-refractivity contribution is 7.80. The minimum atomic E-state index is -4.50. The van der Waals surface area contributed by atoms with E-state index in [1.165, 1.54) is 24.5 Å². The largest absolute Gasteiger partial charge is 0.465 e. The third-order valence-electron chi connectivity index (χ3n) is 4.10. The highest BCUT2D eigenvalue weighted by Crippen LogP contribution is 2.35. The van der Waals surface area contributed by atoms with Gasteiger partial charge in [0.05, 0.1) is 36.4 Å². The van der Waals surface area contributed by atoms with Gasteiger partial charge in [0, 0.05) is 19.2 Å². The number of thiocarbonyl (C=S) groups is 1. The lowest BCUT2D eigenvalue weighted by atomic mass is 10.1. The van der Waals surface area contributed by atoms with E-state index in [9.17, 15) is 18.0 Å². The van der Waals surface area contributed by atoms with E-state index in [0.29, 0.717) is 37.8 Å². The van der Waals surface area contributed by atoms with Crippen LogP contribution in [0, 0.1) is 0 Å². The monoisotopic (exact) mass is 425 g/mol. The maximum Gasteiger partial charge on any atom is 0.416 e. The van der Waals surface area contributed by atoms with E-state index < -0.39 is 17.6 Å². The Hall–Kier alpha value is -2.85. The predicted octanol–water partition coefficient (Wildman–Crippen LogP) is 3.66. The summed E-state index contributed by atoms with van der Waals surface area (Å²) in [7, 11) is 0. The number of nitrogens with zero attached hydrogens (tertiary/aromatic N) is 1. The second-order valence-corrected chi connectivity index (χ2v) is 6.53. The van der Waals surface area contributed by atoms with E-state index in [-0.39, 0.29) is 10.8 Å². The zero-order chi connectivity index (χ0) is 20.9. The molecular formula is C19H18F3N3O3S. The number of halogens is 3. The topological polar surface area (TPSA) is 66.7 Å². The van der Waals surface area contributed by atoms with Gasteiger partial charge in [0.15, 0.2) is 5.11 Å². The molecule has 10 heteroatoms. The number of furan rings is 1. The van der Waals surface area contributed by atoms with E-state index in [1.54, 1.807) is 12.1 Å². The molecular weight excluding hydrogens is 407 g/mol. The van der Waals surface area contributed by atoms with E-state index in [0.717, 1.165) is 12.1 Å². The Morgan fingerprint density at radius 3 is 2.62 bits per heavy atom. The van der Waals surface area contributed by atoms with Crippen molar-refractivity contribution >= 4 is 40.7 Å². The number of rotatable bonds is 4. The molecule has 2 heterocycles. The van der Waals surface area contributed by atoms with Gasteiger partial charge in [-0.2, -0.15) is 13.2 Å². The summed E-state index contributed by atoms with van der Waals surface area (Å²) in [5.74, 6) is -0.0645. The number of amides is 1. The smallest absolute Gasteiger partial charge is 0.416 e. The number of morpholine rings is 1. The molecule has 0 radical (unpaired) electrons. The van der Waals surface area contributed by atoms with Crippen LogP contribution in [0.5, 0.6) is 0 Å². The maximum absolute atomic E-state index is 13.1. The molecule has 154 valence electrons. The van der Waals surface area contributed by atoms with E-state index in [1.807, 2.05) is 4.90 Å². The molecule has 6 nitrogen and oxygen atoms in total. The molecule has 1 fully saturated rings. The van der Waals surface area contributed by atoms with Gasteiger partial charge in [-0.3, -0.25) is 10.1 Å². The number of ether oxygens (including phenoxy) is 1. The summed E-state index contributed by atoms with van der Waals surface area (Å²) in [6.07, 6.45) is -0.385. The van der Waals surface area contributed by atoms with Gasteiger partial charge >= 0.3 is 6.18 Å². The maximum atomic E-state index is 13.1. The minimum Gasteiger partial charge on any atom is -0.465 e. The molecule has 1 aromatic heterocycles. The molecule has 2 N–H and O–H groups in total. The quantitative estimate of drug-likeness (QED) is 0.576. The first kappa shape index (κ1) is 20.9. The Balaban J connectivity index is 1.74. The summed E-state index contributed by atoms with van der Waals surface area (Å²) in [5.41, 5.74) is -0.116. The van der Waals surface area contributed by atoms with Crippen molar-refractivity contribution in [2.75, 3.05) is 36.5 Å². The normalized spacial score (nSPS) is 14.8. The number of benzene rings is 1. The average Bonchev–Trinajstić information content (AvgIpc) is 3.20. The summed E-state index contributed by atoms with van der Waals surface area (Å²) < 4.78 is 49.8. The number of anilines is 2. The van der Waals surface area contributed by atoms with Crippen LogP contribution in [-0.2, 0) is 15.7 Å². The van der Waals surface area contributed by atoms with Crippen molar-refractivity contribution in [3.05, 3.63) is 54.0 Å². The number of alkyl halides is 3. The Morgan fingerprint density at radius 1 is 1.21 bits per heavy atom. The van der Waals surface area contributed by atoms with Crippen LogP contribution in [0.15, 0.2) is 47.1 Å². The van der Waals surface area contributed by atoms with Gasteiger partial charge in [-0.05, 0) is 48.6 Å². The molecule has 2 aromatic rings. The second-order valence-electron chi connectivity index (χ2n) is 6.12. The Labute approximate surface area is 170 Å². The van der Waals surface area contributed by atoms with Gasteiger partial charge in [-0.25, -0.2) is 0 Å². The number of hydrogen-bond acceptors (Lipinski definition) is 5. The summed E-state index contributed by atoms with van der Waals surface area (Å²) >= 11 is 5.10. The molecule has 1 aliphatic rings. The van der Waals surface area contributed by atoms with Gasteiger partial charge in [-0.1, -0.05) is 0 Å². The van der Waals surface area contributed by atoms with Crippen LogP contribution in [0.25, 0.3) is 6.08 Å². The molecule has 0 spiro atoms. The molecule has 1 saturated heterocycles. The van der Waals surface area contributed by atoms with Crippen LogP contribution in [0.4, 0.5) is 24.5 Å². The molecule has 1 amide bonds. The van der Waals surface area contributed by atoms with Crippen LogP contribution in [0.3, 0.4) is 0 Å². The van der Waals surface area contributed by atoms with Crippen LogP contribution in [-0.4, -0.2) is 37.3 Å². The molecule has 0 unspecified atom stereocenters. The van der Waals surface area contributed by atoms with Gasteiger partial charge in [0.1, 0.15) is 5.76 Å². The molecule has 1 aliphatic heterocycles. The Morgan fingerprint density at radius 2 is 1.97 bits per heavy atom. The summed E-state index contributed by atoms with van der Waals surface area (Å²) in [6.45, 7) is 2.01. The Bertz CT molecular complexity index is 892. The Kier molecular flexibility index (Phi) is 6.55. The molecule has 3 rings (SSSR count). The predicted molar refractivity (Wildman–Crippen MR) is 107 cm³/mol. The van der Waals surface area contributed by atoms with Crippen LogP contribution >= 0.6 is 12.2 Å². The average molecular weight is 425 g/mol. The van der Waals surface area contributed by atoms with Gasteiger partial charge in [0.2, 0.25) is 5.91 Å². The van der Waals surface area contributed by atoms with Crippen molar-refractivity contribution in [2.24, 2.45) is 0 Å². The molecule has 1 aromatic carbocycles. The molecule has 0 atom stereocenters. The lowest BCUT2D eigenvalue weighted by Gasteiger charge is -2.31. The first-order valence-corrected chi connectivity index (χ1v) is 9.11. The lowest BCUT2D eigenvalue weighted by Crippen LogP contribution is -2.38. The van der Waals surface area contributed by atoms with Gasteiger partial charge in [-0.15, -0.1) is 0 Å². The van der Waals surface area contributed by atoms with Crippen LogP contribution < -0.4 is 15.5 Å². The third-order valence-corrected chi connectivity index (χ3v) is 4.31. The SMILES string of the molecule is O=C(C=Cc1ccco1)NC(=S)Nc1cc(C(F)(F)F)ccc1N1CCOCC1. The zero-order valence-electron chi connectivity index (χ0n) is 15.2. The van der Waals surface area contributed by atoms with Crippen LogP contribution in [0.2, 0.25) is 0 Å². The second kappa shape index (κ2) is 9.10. The molecule has 0 aliphatic carbocycles. The highest BCUT2D eigenvalue weighted by Gasteiger charge is 2.31. The number of nitrogens with one attached hydrogen (secondary N) is 2. The summed E-state index contributed by atoms with van der Waals surface area (Å²) in [4.78, 5) is 13.9. The molecule has 0 bridgehead atoms. The van der Waals surface area contributed by atoms with E-state index >= 15 is 0 Å². The summed E-state index contributed by atoms with van der Waals surface area (Å²) in [5, 5.41) is 4.99. The summed E-state index contributed by atoms with van der Waals surface area (Å²) in [6, 6.07) is 6.71. The van der Waals surface area contributed by atoms with Gasteiger partial charge in [0.25, 0.3) is 0 Å². The third kappa shape index (κ3) is 5.81. The van der Waals surface area contributed by atoms with Crippen molar-refractivity contribution in [2.45, 2.75) is 6.18 Å². The first-order valence-electron chi connectivity index (χ1n) is 8.70. The number of carbonyl (C=O) groups excluding carboxylic acids is 1. The first-order chi connectivity index (χ1) is 13.8. The highest BCUT2D eigenvalue weighted by atomic mass is 32.1. The van der Waals surface area contributed by atoms with Crippen molar-refractivity contribution in [1.29, 1.82) is 0 Å². The van der Waals surface area contributed by atoms with Crippen molar-refractivity contribution in [3.63, 3.8) is 0 Å². The fraction of sp³-hybridized carbons (Fsp3) is 0.263. The van der Waals surface area contributed by atoms with Crippen molar-refractivity contribution < 1.29 is 27.1 Å². The van der Waals surface area contributed by atoms with Crippen molar-refractivity contribution in [1.82, 2.24) is 5.32 Å². The molecule has 0 saturated carbocycles. The standard InChI is InChI=1S/C19H18F3N3O3S/c20-19(21,22)13-3-5-16(25-7-10-27-11-8-25)15(12-13)23-18(29)24-17(26)6-4-14-2-1-9-28-14/h1-6,9,12H,7-8,10-11H2,(H2,23,24,26,29). The van der Waals surface area contributed by atoms with E-state index in [2.05, 4.69) is 10.6 Å². The fourth-order valence-electron chi connectivity index (χ4n) is 2.74. The number of carbonyl (C=O) groups is 1. The number of hydrogen-bond donors (Lipinski definition) is 2.